The fraction of sp³-hybridized carbons (Fsp3) is 0.500. The number of aryl methyl sites for hydroxylation is 2. The smallest absolute Gasteiger partial charge is 0.383 e. The second-order valence-corrected chi connectivity index (χ2v) is 10.9. The third-order valence-electron chi connectivity index (χ3n) is 7.75. The predicted molar refractivity (Wildman–Crippen MR) is 138 cm³/mol. The number of carbonyl (C=O) groups excluding carboxylic acids is 1. The highest BCUT2D eigenvalue weighted by Crippen LogP contribution is 2.41. The Balaban J connectivity index is 1.85. The quantitative estimate of drug-likeness (QED) is 0.525. The Morgan fingerprint density at radius 3 is 2.53 bits per heavy atom. The molecule has 38 heavy (non-hydrogen) atoms. The number of pyridine rings is 1. The second-order valence-electron chi connectivity index (χ2n) is 10.9. The molecular formula is C28H34F3N5O2. The van der Waals surface area contributed by atoms with E-state index in [1.165, 1.54) is 19.9 Å². The van der Waals surface area contributed by atoms with Gasteiger partial charge in [-0.25, -0.2) is 4.98 Å². The Morgan fingerprint density at radius 2 is 1.92 bits per heavy atom. The Labute approximate surface area is 220 Å². The van der Waals surface area contributed by atoms with Gasteiger partial charge >= 0.3 is 6.18 Å². The molecule has 1 unspecified atom stereocenters. The zero-order valence-corrected chi connectivity index (χ0v) is 22.8. The molecule has 0 radical (unpaired) electrons. The minimum atomic E-state index is -4.45. The van der Waals surface area contributed by atoms with Crippen LogP contribution in [0.1, 0.15) is 74.8 Å². The molecule has 1 aliphatic heterocycles. The highest BCUT2D eigenvalue weighted by Gasteiger charge is 2.46. The number of rotatable bonds is 3. The first-order valence-corrected chi connectivity index (χ1v) is 12.6. The van der Waals surface area contributed by atoms with Crippen LogP contribution in [0.15, 0.2) is 35.5 Å². The highest BCUT2D eigenvalue weighted by molar-refractivity contribution is 5.78. The van der Waals surface area contributed by atoms with Gasteiger partial charge < -0.3 is 14.6 Å². The lowest BCUT2D eigenvalue weighted by molar-refractivity contribution is -0.145. The number of aliphatic hydroxyl groups is 1. The third-order valence-corrected chi connectivity index (χ3v) is 7.75. The highest BCUT2D eigenvalue weighted by atomic mass is 19.4. The molecule has 1 amide bonds. The molecule has 3 aromatic rings. The van der Waals surface area contributed by atoms with E-state index in [1.807, 2.05) is 32.4 Å². The maximum Gasteiger partial charge on any atom is 0.416 e. The monoisotopic (exact) mass is 529 g/mol. The minimum Gasteiger partial charge on any atom is -0.383 e. The van der Waals surface area contributed by atoms with Crippen molar-refractivity contribution in [3.63, 3.8) is 0 Å². The summed E-state index contributed by atoms with van der Waals surface area (Å²) in [5.74, 6) is 0.614. The summed E-state index contributed by atoms with van der Waals surface area (Å²) in [7, 11) is 1.85. The largest absolute Gasteiger partial charge is 0.416 e. The lowest BCUT2D eigenvalue weighted by Gasteiger charge is -2.48. The molecule has 1 aromatic carbocycles. The Hall–Kier alpha value is -3.27. The Kier molecular flexibility index (Phi) is 6.93. The van der Waals surface area contributed by atoms with Crippen molar-refractivity contribution in [2.45, 2.75) is 77.7 Å². The van der Waals surface area contributed by atoms with Gasteiger partial charge in [0.05, 0.1) is 29.0 Å². The summed E-state index contributed by atoms with van der Waals surface area (Å²) in [6.07, 6.45) is -2.16. The van der Waals surface area contributed by atoms with Gasteiger partial charge in [0.25, 0.3) is 0 Å². The maximum absolute atomic E-state index is 13.5. The second kappa shape index (κ2) is 9.48. The van der Waals surface area contributed by atoms with Crippen molar-refractivity contribution in [2.75, 3.05) is 6.54 Å². The van der Waals surface area contributed by atoms with E-state index in [4.69, 9.17) is 4.99 Å². The number of amides is 1. The zero-order chi connectivity index (χ0) is 28.2. The standard InChI is InChI=1S/C28H34F3N5O2/c1-16-20(9-8-10-22(16)28(29,30)31)17(2)33-25-21-13-24(32-14-23(21)35(7)18(3)34-25)27(38)11-12-36(19(4)37)26(5,6)15-27/h8-10,13-14,17,38H,11-12,15H2,1-7H3/t17-,27?/m1/s1. The third kappa shape index (κ3) is 4.93. The molecule has 4 rings (SSSR count). The van der Waals surface area contributed by atoms with Crippen LogP contribution in [0, 0.1) is 13.8 Å². The number of fused-ring (bicyclic) bond motifs is 1. The van der Waals surface area contributed by atoms with Gasteiger partial charge in [0.15, 0.2) is 5.49 Å². The van der Waals surface area contributed by atoms with E-state index < -0.39 is 28.9 Å². The van der Waals surface area contributed by atoms with Gasteiger partial charge in [0.1, 0.15) is 11.4 Å². The van der Waals surface area contributed by atoms with Gasteiger partial charge in [-0.2, -0.15) is 13.2 Å². The van der Waals surface area contributed by atoms with Gasteiger partial charge in [-0.3, -0.25) is 14.8 Å². The van der Waals surface area contributed by atoms with E-state index in [0.29, 0.717) is 47.3 Å². The lowest BCUT2D eigenvalue weighted by atomic mass is 9.77. The SMILES string of the molecule is CC(=O)N1CCC(O)(c2cc3c(=N[C@H](C)c4cccc(C(F)(F)F)c4C)nc(C)n(C)c3cn2)CC1(C)C. The van der Waals surface area contributed by atoms with Crippen LogP contribution >= 0.6 is 0 Å². The van der Waals surface area contributed by atoms with Crippen LogP contribution in [0.4, 0.5) is 13.2 Å². The average molecular weight is 530 g/mol. The number of halogens is 3. The number of likely N-dealkylation sites (tertiary alicyclic amines) is 1. The number of alkyl halides is 3. The van der Waals surface area contributed by atoms with E-state index in [2.05, 4.69) is 9.97 Å². The molecule has 1 fully saturated rings. The molecule has 0 bridgehead atoms. The summed E-state index contributed by atoms with van der Waals surface area (Å²) in [5.41, 5.74) is -0.376. The van der Waals surface area contributed by atoms with Crippen LogP contribution in [-0.2, 0) is 23.6 Å². The average Bonchev–Trinajstić information content (AvgIpc) is 2.80. The number of aromatic nitrogens is 3. The van der Waals surface area contributed by atoms with Gasteiger partial charge in [-0.05, 0) is 64.3 Å². The number of piperidine rings is 1. The summed E-state index contributed by atoms with van der Waals surface area (Å²) in [6, 6.07) is 5.29. The molecule has 1 aliphatic rings. The van der Waals surface area contributed by atoms with E-state index in [9.17, 15) is 23.1 Å². The molecular weight excluding hydrogens is 495 g/mol. The van der Waals surface area contributed by atoms with E-state index in [0.717, 1.165) is 11.6 Å². The number of benzene rings is 1. The van der Waals surface area contributed by atoms with Crippen molar-refractivity contribution in [1.82, 2.24) is 19.4 Å². The van der Waals surface area contributed by atoms with Crippen molar-refractivity contribution in [3.05, 3.63) is 64.2 Å². The van der Waals surface area contributed by atoms with Crippen molar-refractivity contribution in [3.8, 4) is 0 Å². The summed E-state index contributed by atoms with van der Waals surface area (Å²) in [4.78, 5) is 27.9. The lowest BCUT2D eigenvalue weighted by Crippen LogP contribution is -2.56. The van der Waals surface area contributed by atoms with Crippen LogP contribution in [0.2, 0.25) is 0 Å². The van der Waals surface area contributed by atoms with Crippen LogP contribution in [0.5, 0.6) is 0 Å². The van der Waals surface area contributed by atoms with Crippen LogP contribution in [0.25, 0.3) is 10.9 Å². The summed E-state index contributed by atoms with van der Waals surface area (Å²) in [5, 5.41) is 12.3. The van der Waals surface area contributed by atoms with Crippen molar-refractivity contribution in [1.29, 1.82) is 0 Å². The fourth-order valence-corrected chi connectivity index (χ4v) is 5.68. The molecule has 7 nitrogen and oxygen atoms in total. The first-order chi connectivity index (χ1) is 17.5. The molecule has 10 heteroatoms. The van der Waals surface area contributed by atoms with Crippen molar-refractivity contribution < 1.29 is 23.1 Å². The van der Waals surface area contributed by atoms with E-state index >= 15 is 0 Å². The summed E-state index contributed by atoms with van der Waals surface area (Å²) in [6.45, 7) is 10.8. The Bertz CT molecular complexity index is 1480. The minimum absolute atomic E-state index is 0.0461. The van der Waals surface area contributed by atoms with Crippen LogP contribution in [-0.4, -0.2) is 42.5 Å². The number of hydrogen-bond donors (Lipinski definition) is 1. The predicted octanol–water partition coefficient (Wildman–Crippen LogP) is 4.87. The zero-order valence-electron chi connectivity index (χ0n) is 22.8. The summed E-state index contributed by atoms with van der Waals surface area (Å²) >= 11 is 0. The van der Waals surface area contributed by atoms with Gasteiger partial charge in [0.2, 0.25) is 5.91 Å². The first kappa shape index (κ1) is 27.8. The molecule has 204 valence electrons. The molecule has 2 aromatic heterocycles. The Morgan fingerprint density at radius 1 is 1.24 bits per heavy atom. The molecule has 3 heterocycles. The fourth-order valence-electron chi connectivity index (χ4n) is 5.68. The number of carbonyl (C=O) groups is 1. The van der Waals surface area contributed by atoms with E-state index in [-0.39, 0.29) is 11.5 Å². The first-order valence-electron chi connectivity index (χ1n) is 12.6. The van der Waals surface area contributed by atoms with Crippen molar-refractivity contribution >= 4 is 16.8 Å². The van der Waals surface area contributed by atoms with Crippen molar-refractivity contribution in [2.24, 2.45) is 12.0 Å². The maximum atomic E-state index is 13.5. The molecule has 0 saturated carbocycles. The number of nitrogens with zero attached hydrogens (tertiary/aromatic N) is 5. The van der Waals surface area contributed by atoms with Gasteiger partial charge in [-0.1, -0.05) is 12.1 Å². The number of hydrogen-bond acceptors (Lipinski definition) is 5. The molecule has 0 spiro atoms. The van der Waals surface area contributed by atoms with Crippen LogP contribution < -0.4 is 5.49 Å². The van der Waals surface area contributed by atoms with Gasteiger partial charge in [-0.15, -0.1) is 0 Å². The van der Waals surface area contributed by atoms with Crippen LogP contribution in [0.3, 0.4) is 0 Å². The summed E-state index contributed by atoms with van der Waals surface area (Å²) < 4.78 is 42.4. The topological polar surface area (TPSA) is 83.6 Å². The normalized spacial score (nSPS) is 21.1. The molecule has 2 atom stereocenters. The molecule has 1 saturated heterocycles. The van der Waals surface area contributed by atoms with E-state index in [1.54, 1.807) is 30.2 Å². The molecule has 0 aliphatic carbocycles. The molecule has 1 N–H and O–H groups in total. The van der Waals surface area contributed by atoms with Gasteiger partial charge in [0, 0.05) is 37.9 Å².